The van der Waals surface area contributed by atoms with Crippen molar-refractivity contribution in [1.29, 1.82) is 0 Å². The Morgan fingerprint density at radius 2 is 1.92 bits per heavy atom. The maximum absolute atomic E-state index is 10.3. The zero-order valence-corrected chi connectivity index (χ0v) is 15.6. The van der Waals surface area contributed by atoms with Gasteiger partial charge < -0.3 is 23.7 Å². The SMILES string of the molecule is Cc1ccc(CN(Cc2ccc3c(c2)OCO3)C[C@@H](O)COC(C)C)o1. The average Bonchev–Trinajstić information content (AvgIpc) is 3.21. The molecule has 0 spiro atoms. The van der Waals surface area contributed by atoms with Gasteiger partial charge >= 0.3 is 0 Å². The number of nitrogens with zero attached hydrogens (tertiary/aromatic N) is 1. The fourth-order valence-electron chi connectivity index (χ4n) is 2.93. The summed E-state index contributed by atoms with van der Waals surface area (Å²) in [7, 11) is 0. The molecule has 3 rings (SSSR count). The Labute approximate surface area is 154 Å². The molecular formula is C20H27NO5. The van der Waals surface area contributed by atoms with Crippen molar-refractivity contribution in [2.45, 2.75) is 46.1 Å². The first-order valence-corrected chi connectivity index (χ1v) is 8.95. The molecule has 142 valence electrons. The number of benzene rings is 1. The highest BCUT2D eigenvalue weighted by molar-refractivity contribution is 5.44. The summed E-state index contributed by atoms with van der Waals surface area (Å²) in [5.74, 6) is 3.29. The molecule has 1 atom stereocenters. The number of aryl methyl sites for hydroxylation is 1. The van der Waals surface area contributed by atoms with E-state index >= 15 is 0 Å². The van der Waals surface area contributed by atoms with Crippen molar-refractivity contribution in [3.05, 3.63) is 47.4 Å². The lowest BCUT2D eigenvalue weighted by Gasteiger charge is -2.25. The van der Waals surface area contributed by atoms with Crippen LogP contribution in [0.25, 0.3) is 0 Å². The summed E-state index contributed by atoms with van der Waals surface area (Å²) >= 11 is 0. The quantitative estimate of drug-likeness (QED) is 0.740. The third-order valence-electron chi connectivity index (χ3n) is 4.11. The van der Waals surface area contributed by atoms with Gasteiger partial charge in [-0.25, -0.2) is 0 Å². The van der Waals surface area contributed by atoms with Crippen molar-refractivity contribution in [2.24, 2.45) is 0 Å². The molecule has 1 aliphatic heterocycles. The summed E-state index contributed by atoms with van der Waals surface area (Å²) in [5, 5.41) is 10.3. The minimum Gasteiger partial charge on any atom is -0.465 e. The normalized spacial score (nSPS) is 14.4. The molecule has 0 unspecified atom stereocenters. The first kappa shape index (κ1) is 18.8. The molecule has 0 fully saturated rings. The van der Waals surface area contributed by atoms with E-state index < -0.39 is 6.10 Å². The number of aliphatic hydroxyl groups excluding tert-OH is 1. The van der Waals surface area contributed by atoms with Crippen LogP contribution in [0.4, 0.5) is 0 Å². The summed E-state index contributed by atoms with van der Waals surface area (Å²) < 4.78 is 22.1. The second kappa shape index (κ2) is 8.58. The van der Waals surface area contributed by atoms with Crippen molar-refractivity contribution in [1.82, 2.24) is 4.90 Å². The fourth-order valence-corrected chi connectivity index (χ4v) is 2.93. The predicted molar refractivity (Wildman–Crippen MR) is 97.2 cm³/mol. The van der Waals surface area contributed by atoms with Crippen LogP contribution in [0.2, 0.25) is 0 Å². The topological polar surface area (TPSA) is 64.3 Å². The minimum atomic E-state index is -0.567. The Balaban J connectivity index is 1.67. The summed E-state index contributed by atoms with van der Waals surface area (Å²) in [5.41, 5.74) is 1.09. The number of fused-ring (bicyclic) bond motifs is 1. The van der Waals surface area contributed by atoms with E-state index in [0.29, 0.717) is 26.2 Å². The van der Waals surface area contributed by atoms with Crippen LogP contribution in [0, 0.1) is 6.92 Å². The Hall–Kier alpha value is -2.02. The number of rotatable bonds is 9. The van der Waals surface area contributed by atoms with Crippen molar-refractivity contribution < 1.29 is 23.7 Å². The van der Waals surface area contributed by atoms with E-state index in [4.69, 9.17) is 18.6 Å². The molecular weight excluding hydrogens is 334 g/mol. The van der Waals surface area contributed by atoms with Gasteiger partial charge in [-0.1, -0.05) is 6.07 Å². The summed E-state index contributed by atoms with van der Waals surface area (Å²) in [6.07, 6.45) is -0.470. The van der Waals surface area contributed by atoms with Gasteiger partial charge in [0.1, 0.15) is 11.5 Å². The van der Waals surface area contributed by atoms with Crippen LogP contribution >= 0.6 is 0 Å². The van der Waals surface area contributed by atoms with E-state index in [-0.39, 0.29) is 12.9 Å². The van der Waals surface area contributed by atoms with Crippen LogP contribution in [0.1, 0.15) is 30.9 Å². The number of furan rings is 1. The van der Waals surface area contributed by atoms with Gasteiger partial charge in [0.15, 0.2) is 11.5 Å². The lowest BCUT2D eigenvalue weighted by Crippen LogP contribution is -2.34. The fraction of sp³-hybridized carbons (Fsp3) is 0.500. The lowest BCUT2D eigenvalue weighted by molar-refractivity contribution is -0.0114. The molecule has 1 aliphatic rings. The van der Waals surface area contributed by atoms with Crippen LogP contribution in [-0.4, -0.2) is 42.2 Å². The molecule has 2 heterocycles. The van der Waals surface area contributed by atoms with Crippen LogP contribution in [0.3, 0.4) is 0 Å². The van der Waals surface area contributed by atoms with Gasteiger partial charge in [-0.15, -0.1) is 0 Å². The highest BCUT2D eigenvalue weighted by atomic mass is 16.7. The van der Waals surface area contributed by atoms with Crippen LogP contribution in [0.15, 0.2) is 34.7 Å². The first-order valence-electron chi connectivity index (χ1n) is 8.95. The molecule has 26 heavy (non-hydrogen) atoms. The molecule has 0 saturated heterocycles. The van der Waals surface area contributed by atoms with Crippen LogP contribution in [-0.2, 0) is 17.8 Å². The van der Waals surface area contributed by atoms with E-state index in [1.165, 1.54) is 0 Å². The molecule has 1 aromatic heterocycles. The lowest BCUT2D eigenvalue weighted by atomic mass is 10.1. The smallest absolute Gasteiger partial charge is 0.231 e. The minimum absolute atomic E-state index is 0.0969. The van der Waals surface area contributed by atoms with Crippen molar-refractivity contribution in [2.75, 3.05) is 19.9 Å². The predicted octanol–water partition coefficient (Wildman–Crippen LogP) is 3.10. The van der Waals surface area contributed by atoms with Crippen molar-refractivity contribution >= 4 is 0 Å². The van der Waals surface area contributed by atoms with Gasteiger partial charge in [0.05, 0.1) is 25.4 Å². The number of aliphatic hydroxyl groups is 1. The monoisotopic (exact) mass is 361 g/mol. The van der Waals surface area contributed by atoms with Gasteiger partial charge in [0, 0.05) is 13.1 Å². The van der Waals surface area contributed by atoms with Gasteiger partial charge in [0.2, 0.25) is 6.79 Å². The Morgan fingerprint density at radius 3 is 2.65 bits per heavy atom. The molecule has 6 nitrogen and oxygen atoms in total. The maximum Gasteiger partial charge on any atom is 0.231 e. The van der Waals surface area contributed by atoms with Crippen molar-refractivity contribution in [3.8, 4) is 11.5 Å². The van der Waals surface area contributed by atoms with E-state index in [1.54, 1.807) is 0 Å². The summed E-state index contributed by atoms with van der Waals surface area (Å²) in [4.78, 5) is 2.14. The largest absolute Gasteiger partial charge is 0.465 e. The molecule has 0 aliphatic carbocycles. The molecule has 0 bridgehead atoms. The van der Waals surface area contributed by atoms with Crippen LogP contribution < -0.4 is 9.47 Å². The Morgan fingerprint density at radius 1 is 1.12 bits per heavy atom. The molecule has 0 radical (unpaired) electrons. The second-order valence-electron chi connectivity index (χ2n) is 6.91. The third kappa shape index (κ3) is 5.24. The van der Waals surface area contributed by atoms with Crippen molar-refractivity contribution in [3.63, 3.8) is 0 Å². The summed E-state index contributed by atoms with van der Waals surface area (Å²) in [6, 6.07) is 9.85. The van der Waals surface area contributed by atoms with Gasteiger partial charge in [-0.05, 0) is 50.6 Å². The standard InChI is InChI=1S/C20H27NO5/c1-14(2)23-12-17(22)10-21(11-18-6-4-15(3)26-18)9-16-5-7-19-20(8-16)25-13-24-19/h4-8,14,17,22H,9-13H2,1-3H3/t17-/m1/s1. The summed E-state index contributed by atoms with van der Waals surface area (Å²) in [6.45, 7) is 8.19. The Kier molecular flexibility index (Phi) is 6.19. The third-order valence-corrected chi connectivity index (χ3v) is 4.11. The highest BCUT2D eigenvalue weighted by Gasteiger charge is 2.18. The van der Waals surface area contributed by atoms with E-state index in [1.807, 2.05) is 51.1 Å². The molecule has 0 amide bonds. The van der Waals surface area contributed by atoms with E-state index in [2.05, 4.69) is 4.90 Å². The average molecular weight is 361 g/mol. The molecule has 1 N–H and O–H groups in total. The maximum atomic E-state index is 10.3. The highest BCUT2D eigenvalue weighted by Crippen LogP contribution is 2.33. The molecule has 2 aromatic rings. The van der Waals surface area contributed by atoms with Gasteiger partial charge in [-0.3, -0.25) is 4.90 Å². The zero-order valence-electron chi connectivity index (χ0n) is 15.6. The van der Waals surface area contributed by atoms with Gasteiger partial charge in [-0.2, -0.15) is 0 Å². The van der Waals surface area contributed by atoms with Gasteiger partial charge in [0.25, 0.3) is 0 Å². The molecule has 1 aromatic carbocycles. The van der Waals surface area contributed by atoms with Crippen LogP contribution in [0.5, 0.6) is 11.5 Å². The van der Waals surface area contributed by atoms with E-state index in [9.17, 15) is 5.11 Å². The zero-order chi connectivity index (χ0) is 18.5. The Bertz CT molecular complexity index is 712. The second-order valence-corrected chi connectivity index (χ2v) is 6.91. The molecule has 6 heteroatoms. The first-order chi connectivity index (χ1) is 12.5. The number of hydrogen-bond donors (Lipinski definition) is 1. The van der Waals surface area contributed by atoms with E-state index in [0.717, 1.165) is 28.6 Å². The number of ether oxygens (including phenoxy) is 3. The number of hydrogen-bond acceptors (Lipinski definition) is 6. The molecule has 0 saturated carbocycles.